The van der Waals surface area contributed by atoms with E-state index in [2.05, 4.69) is 4.98 Å². The molecule has 0 aliphatic carbocycles. The summed E-state index contributed by atoms with van der Waals surface area (Å²) in [4.78, 5) is 25.5. The Hall–Kier alpha value is -2.12. The smallest absolute Gasteiger partial charge is 0.335 e. The van der Waals surface area contributed by atoms with Crippen molar-refractivity contribution in [1.82, 2.24) is 4.98 Å². The topological polar surface area (TPSA) is 93.3 Å². The van der Waals surface area contributed by atoms with Gasteiger partial charge in [-0.3, -0.25) is 10.1 Å². The number of aromatic carboxylic acids is 1. The van der Waals surface area contributed by atoms with E-state index in [-0.39, 0.29) is 16.1 Å². The Balaban J connectivity index is 2.48. The zero-order valence-corrected chi connectivity index (χ0v) is 11.4. The summed E-state index contributed by atoms with van der Waals surface area (Å²) >= 11 is 6.89. The maximum atomic E-state index is 11.0. The number of halogens is 1. The van der Waals surface area contributed by atoms with Crippen LogP contribution in [0.1, 0.15) is 10.4 Å². The summed E-state index contributed by atoms with van der Waals surface area (Å²) < 4.78 is 0. The maximum Gasteiger partial charge on any atom is 0.335 e. The van der Waals surface area contributed by atoms with Crippen molar-refractivity contribution < 1.29 is 14.8 Å². The van der Waals surface area contributed by atoms with E-state index in [0.717, 1.165) is 17.8 Å². The number of carboxylic acid groups (broad SMARTS) is 1. The molecule has 0 unspecified atom stereocenters. The first kappa shape index (κ1) is 14.3. The van der Waals surface area contributed by atoms with Gasteiger partial charge in [-0.1, -0.05) is 23.4 Å². The number of nitro benzene ring substituents is 1. The van der Waals surface area contributed by atoms with Crippen molar-refractivity contribution in [2.24, 2.45) is 0 Å². The average molecular weight is 311 g/mol. The van der Waals surface area contributed by atoms with Gasteiger partial charge in [0, 0.05) is 12.3 Å². The number of pyridine rings is 1. The van der Waals surface area contributed by atoms with E-state index in [1.54, 1.807) is 12.1 Å². The number of carboxylic acids is 1. The van der Waals surface area contributed by atoms with Crippen molar-refractivity contribution in [3.05, 3.63) is 57.2 Å². The van der Waals surface area contributed by atoms with Gasteiger partial charge in [-0.05, 0) is 24.3 Å². The third kappa shape index (κ3) is 3.06. The van der Waals surface area contributed by atoms with Crippen LogP contribution in [0, 0.1) is 10.1 Å². The van der Waals surface area contributed by atoms with Crippen molar-refractivity contribution in [1.29, 1.82) is 0 Å². The largest absolute Gasteiger partial charge is 0.478 e. The summed E-state index contributed by atoms with van der Waals surface area (Å²) in [7, 11) is 0. The molecule has 0 saturated carbocycles. The van der Waals surface area contributed by atoms with Crippen LogP contribution in [-0.4, -0.2) is 21.0 Å². The monoisotopic (exact) mass is 310 g/mol. The second-order valence-electron chi connectivity index (χ2n) is 3.64. The minimum atomic E-state index is -1.16. The predicted octanol–water partition coefficient (Wildman–Crippen LogP) is 3.49. The predicted molar refractivity (Wildman–Crippen MR) is 73.4 cm³/mol. The summed E-state index contributed by atoms with van der Waals surface area (Å²) in [5.74, 6) is -1.16. The molecule has 102 valence electrons. The first-order valence-corrected chi connectivity index (χ1v) is 6.48. The van der Waals surface area contributed by atoms with Crippen LogP contribution in [0.5, 0.6) is 0 Å². The number of rotatable bonds is 4. The van der Waals surface area contributed by atoms with Gasteiger partial charge in [0.25, 0.3) is 5.69 Å². The number of hydrogen-bond donors (Lipinski definition) is 1. The van der Waals surface area contributed by atoms with Gasteiger partial charge < -0.3 is 5.11 Å². The zero-order valence-electron chi connectivity index (χ0n) is 9.82. The molecule has 1 aromatic carbocycles. The molecule has 0 spiro atoms. The molecule has 0 radical (unpaired) electrons. The van der Waals surface area contributed by atoms with Crippen LogP contribution in [-0.2, 0) is 0 Å². The molecule has 1 heterocycles. The number of benzene rings is 1. The van der Waals surface area contributed by atoms with Gasteiger partial charge in [0.15, 0.2) is 0 Å². The van der Waals surface area contributed by atoms with Crippen LogP contribution in [0.15, 0.2) is 46.5 Å². The maximum absolute atomic E-state index is 11.0. The van der Waals surface area contributed by atoms with Gasteiger partial charge >= 0.3 is 5.97 Å². The van der Waals surface area contributed by atoms with Gasteiger partial charge in [0.2, 0.25) is 0 Å². The highest BCUT2D eigenvalue weighted by atomic mass is 35.5. The Morgan fingerprint density at radius 1 is 1.40 bits per heavy atom. The molecule has 20 heavy (non-hydrogen) atoms. The molecule has 0 bridgehead atoms. The van der Waals surface area contributed by atoms with Crippen LogP contribution >= 0.6 is 23.4 Å². The Morgan fingerprint density at radius 3 is 2.75 bits per heavy atom. The Bertz CT molecular complexity index is 693. The van der Waals surface area contributed by atoms with Crippen molar-refractivity contribution in [3.8, 4) is 0 Å². The normalized spacial score (nSPS) is 10.2. The first-order chi connectivity index (χ1) is 9.49. The van der Waals surface area contributed by atoms with E-state index in [0.29, 0.717) is 10.0 Å². The fourth-order valence-electron chi connectivity index (χ4n) is 1.43. The summed E-state index contributed by atoms with van der Waals surface area (Å²) in [6.07, 6.45) is 1.50. The van der Waals surface area contributed by atoms with E-state index in [1.165, 1.54) is 18.3 Å². The van der Waals surface area contributed by atoms with E-state index in [1.807, 2.05) is 0 Å². The molecule has 0 aliphatic rings. The van der Waals surface area contributed by atoms with Gasteiger partial charge in [-0.2, -0.15) is 0 Å². The highest BCUT2D eigenvalue weighted by Gasteiger charge is 2.18. The zero-order chi connectivity index (χ0) is 14.7. The number of nitro groups is 1. The van der Waals surface area contributed by atoms with E-state index >= 15 is 0 Å². The molecule has 0 fully saturated rings. The fourth-order valence-corrected chi connectivity index (χ4v) is 2.59. The minimum Gasteiger partial charge on any atom is -0.478 e. The molecular weight excluding hydrogens is 304 g/mol. The van der Waals surface area contributed by atoms with Gasteiger partial charge in [-0.15, -0.1) is 0 Å². The summed E-state index contributed by atoms with van der Waals surface area (Å²) in [6.45, 7) is 0. The van der Waals surface area contributed by atoms with E-state index in [9.17, 15) is 14.9 Å². The standard InChI is InChI=1S/C12H7ClN2O4S/c13-8-2-1-5-14-11(8)20-10-6-7(12(16)17)3-4-9(10)15(18)19/h1-6H,(H,16,17). The second kappa shape index (κ2) is 5.89. The van der Waals surface area contributed by atoms with Gasteiger partial charge in [0.1, 0.15) is 5.03 Å². The number of carbonyl (C=O) groups is 1. The van der Waals surface area contributed by atoms with Crippen LogP contribution < -0.4 is 0 Å². The number of hydrogen-bond acceptors (Lipinski definition) is 5. The third-order valence-corrected chi connectivity index (χ3v) is 3.82. The summed E-state index contributed by atoms with van der Waals surface area (Å²) in [6, 6.07) is 6.81. The molecule has 0 amide bonds. The molecule has 1 N–H and O–H groups in total. The van der Waals surface area contributed by atoms with Crippen molar-refractivity contribution in [2.75, 3.05) is 0 Å². The van der Waals surface area contributed by atoms with Crippen molar-refractivity contribution in [2.45, 2.75) is 9.92 Å². The van der Waals surface area contributed by atoms with Crippen LogP contribution in [0.3, 0.4) is 0 Å². The summed E-state index contributed by atoms with van der Waals surface area (Å²) in [5.41, 5.74) is -0.230. The van der Waals surface area contributed by atoms with Crippen molar-refractivity contribution in [3.63, 3.8) is 0 Å². The Labute approximate surface area is 122 Å². The van der Waals surface area contributed by atoms with Gasteiger partial charge in [-0.25, -0.2) is 9.78 Å². The molecule has 2 rings (SSSR count). The Morgan fingerprint density at radius 2 is 2.15 bits per heavy atom. The highest BCUT2D eigenvalue weighted by molar-refractivity contribution is 7.99. The molecule has 6 nitrogen and oxygen atoms in total. The van der Waals surface area contributed by atoms with E-state index < -0.39 is 10.9 Å². The lowest BCUT2D eigenvalue weighted by atomic mass is 10.2. The average Bonchev–Trinajstić information content (AvgIpc) is 2.41. The second-order valence-corrected chi connectivity index (χ2v) is 5.08. The number of aromatic nitrogens is 1. The Kier molecular flexibility index (Phi) is 4.21. The molecule has 0 atom stereocenters. The highest BCUT2D eigenvalue weighted by Crippen LogP contribution is 2.37. The third-order valence-electron chi connectivity index (χ3n) is 2.33. The SMILES string of the molecule is O=C(O)c1ccc([N+](=O)[O-])c(Sc2ncccc2Cl)c1. The lowest BCUT2D eigenvalue weighted by Crippen LogP contribution is -1.99. The molecule has 0 saturated heterocycles. The minimum absolute atomic E-state index is 0.0369. The molecule has 2 aromatic rings. The van der Waals surface area contributed by atoms with E-state index in [4.69, 9.17) is 16.7 Å². The van der Waals surface area contributed by atoms with Crippen LogP contribution in [0.2, 0.25) is 5.02 Å². The van der Waals surface area contributed by atoms with Crippen molar-refractivity contribution >= 4 is 35.0 Å². The van der Waals surface area contributed by atoms with Crippen LogP contribution in [0.4, 0.5) is 5.69 Å². The molecule has 0 aliphatic heterocycles. The molecule has 8 heteroatoms. The number of nitrogens with zero attached hydrogens (tertiary/aromatic N) is 2. The molecular formula is C12H7ClN2O4S. The first-order valence-electron chi connectivity index (χ1n) is 5.29. The lowest BCUT2D eigenvalue weighted by Gasteiger charge is -2.05. The van der Waals surface area contributed by atoms with Gasteiger partial charge in [0.05, 0.1) is 20.4 Å². The summed E-state index contributed by atoms with van der Waals surface area (Å²) in [5, 5.41) is 20.6. The lowest BCUT2D eigenvalue weighted by molar-refractivity contribution is -0.387. The quantitative estimate of drug-likeness (QED) is 0.686. The van der Waals surface area contributed by atoms with Crippen LogP contribution in [0.25, 0.3) is 0 Å². The fraction of sp³-hybridized carbons (Fsp3) is 0. The molecule has 1 aromatic heterocycles.